The van der Waals surface area contributed by atoms with E-state index in [4.69, 9.17) is 5.11 Å². The zero-order valence-electron chi connectivity index (χ0n) is 17.7. The minimum atomic E-state index is -0.967. The summed E-state index contributed by atoms with van der Waals surface area (Å²) < 4.78 is 0. The van der Waals surface area contributed by atoms with Gasteiger partial charge >= 0.3 is 5.97 Å². The Hall–Kier alpha value is -3.57. The molecule has 160 valence electrons. The van der Waals surface area contributed by atoms with Gasteiger partial charge in [-0.2, -0.15) is 0 Å². The van der Waals surface area contributed by atoms with Crippen molar-refractivity contribution in [3.63, 3.8) is 0 Å². The maximum absolute atomic E-state index is 11.7. The second-order valence-electron chi connectivity index (χ2n) is 7.41. The largest absolute Gasteiger partial charge is 0.478 e. The molecule has 0 radical (unpaired) electrons. The number of fused-ring (bicyclic) bond motifs is 1. The van der Waals surface area contributed by atoms with Crippen LogP contribution in [0.4, 0.5) is 5.69 Å². The quantitative estimate of drug-likeness (QED) is 0.353. The second kappa shape index (κ2) is 9.71. The minimum Gasteiger partial charge on any atom is -0.478 e. The van der Waals surface area contributed by atoms with E-state index in [2.05, 4.69) is 36.5 Å². The Morgan fingerprint density at radius 3 is 2.41 bits per heavy atom. The van der Waals surface area contributed by atoms with Gasteiger partial charge in [0.1, 0.15) is 0 Å². The van der Waals surface area contributed by atoms with Crippen molar-refractivity contribution in [2.24, 2.45) is 0 Å². The molecule has 0 atom stereocenters. The number of hydrogen-bond acceptors (Lipinski definition) is 3. The number of carbonyl (C=O) groups is 2. The third kappa shape index (κ3) is 4.84. The van der Waals surface area contributed by atoms with Gasteiger partial charge < -0.3 is 10.4 Å². The third-order valence-electron chi connectivity index (χ3n) is 5.30. The molecule has 1 amide bonds. The standard InChI is InChI=1S/C27H23NO3S/c1-2-22(19-6-4-3-5-7-19)27(20-11-8-18(9-12-20)10-15-26(30)31)21-13-14-23-24(16-21)32-17-25(29)28-23/h3-16H,2,17H2,1H3,(H,28,29)(H,30,31). The number of amides is 1. The third-order valence-corrected chi connectivity index (χ3v) is 6.35. The predicted octanol–water partition coefficient (Wildman–Crippen LogP) is 6.20. The zero-order valence-corrected chi connectivity index (χ0v) is 18.5. The van der Waals surface area contributed by atoms with Crippen LogP contribution < -0.4 is 5.32 Å². The molecule has 0 saturated carbocycles. The van der Waals surface area contributed by atoms with Gasteiger partial charge in [-0.05, 0) is 58.0 Å². The first kappa shape index (κ1) is 21.7. The Morgan fingerprint density at radius 1 is 1.00 bits per heavy atom. The molecular weight excluding hydrogens is 418 g/mol. The topological polar surface area (TPSA) is 66.4 Å². The van der Waals surface area contributed by atoms with E-state index < -0.39 is 5.97 Å². The van der Waals surface area contributed by atoms with Crippen molar-refractivity contribution in [3.8, 4) is 0 Å². The number of nitrogens with one attached hydrogen (secondary N) is 1. The Kier molecular flexibility index (Phi) is 6.57. The summed E-state index contributed by atoms with van der Waals surface area (Å²) in [5.74, 6) is -0.528. The number of benzene rings is 3. The van der Waals surface area contributed by atoms with E-state index in [-0.39, 0.29) is 5.91 Å². The van der Waals surface area contributed by atoms with Gasteiger partial charge in [-0.15, -0.1) is 11.8 Å². The zero-order chi connectivity index (χ0) is 22.5. The number of hydrogen-bond donors (Lipinski definition) is 2. The summed E-state index contributed by atoms with van der Waals surface area (Å²) in [5.41, 5.74) is 7.35. The molecule has 2 N–H and O–H groups in total. The van der Waals surface area contributed by atoms with Crippen LogP contribution in [-0.4, -0.2) is 22.7 Å². The molecule has 32 heavy (non-hydrogen) atoms. The number of carboxylic acid groups (broad SMARTS) is 1. The molecule has 0 unspecified atom stereocenters. The van der Waals surface area contributed by atoms with Crippen LogP contribution in [0.5, 0.6) is 0 Å². The highest BCUT2D eigenvalue weighted by Gasteiger charge is 2.19. The van der Waals surface area contributed by atoms with Crippen molar-refractivity contribution in [2.75, 3.05) is 11.1 Å². The van der Waals surface area contributed by atoms with Gasteiger partial charge in [0.05, 0.1) is 11.4 Å². The Morgan fingerprint density at radius 2 is 1.72 bits per heavy atom. The van der Waals surface area contributed by atoms with Crippen molar-refractivity contribution >= 4 is 46.5 Å². The molecule has 1 aliphatic heterocycles. The maximum atomic E-state index is 11.7. The van der Waals surface area contributed by atoms with E-state index in [1.54, 1.807) is 17.8 Å². The fourth-order valence-corrected chi connectivity index (χ4v) is 4.68. The van der Waals surface area contributed by atoms with Crippen LogP contribution in [0.25, 0.3) is 17.2 Å². The van der Waals surface area contributed by atoms with E-state index in [0.29, 0.717) is 5.75 Å². The number of carboxylic acids is 1. The molecule has 3 aromatic rings. The molecule has 1 aliphatic rings. The summed E-state index contributed by atoms with van der Waals surface area (Å²) in [6.07, 6.45) is 3.58. The molecule has 0 spiro atoms. The molecular formula is C27H23NO3S. The molecule has 0 bridgehead atoms. The number of anilines is 1. The molecule has 4 rings (SSSR count). The van der Waals surface area contributed by atoms with E-state index in [1.807, 2.05) is 48.5 Å². The van der Waals surface area contributed by atoms with Crippen molar-refractivity contribution in [3.05, 3.63) is 101 Å². The van der Waals surface area contributed by atoms with Crippen molar-refractivity contribution in [2.45, 2.75) is 18.2 Å². The molecule has 0 aliphatic carbocycles. The average molecular weight is 442 g/mol. The van der Waals surface area contributed by atoms with E-state index in [9.17, 15) is 9.59 Å². The number of thioether (sulfide) groups is 1. The molecule has 0 aromatic heterocycles. The van der Waals surface area contributed by atoms with Crippen LogP contribution in [0.15, 0.2) is 83.8 Å². The van der Waals surface area contributed by atoms with Crippen LogP contribution in [0.1, 0.15) is 35.6 Å². The fourth-order valence-electron chi connectivity index (χ4n) is 3.84. The van der Waals surface area contributed by atoms with E-state index in [0.717, 1.165) is 45.3 Å². The van der Waals surface area contributed by atoms with Crippen LogP contribution in [-0.2, 0) is 9.59 Å². The van der Waals surface area contributed by atoms with Gasteiger partial charge in [0.25, 0.3) is 0 Å². The highest BCUT2D eigenvalue weighted by molar-refractivity contribution is 8.00. The highest BCUT2D eigenvalue weighted by atomic mass is 32.2. The van der Waals surface area contributed by atoms with Gasteiger partial charge in [0.15, 0.2) is 0 Å². The van der Waals surface area contributed by atoms with Gasteiger partial charge in [0.2, 0.25) is 5.91 Å². The summed E-state index contributed by atoms with van der Waals surface area (Å²) >= 11 is 1.55. The summed E-state index contributed by atoms with van der Waals surface area (Å²) in [4.78, 5) is 23.6. The average Bonchev–Trinajstić information content (AvgIpc) is 2.82. The summed E-state index contributed by atoms with van der Waals surface area (Å²) in [5, 5.41) is 11.8. The van der Waals surface area contributed by atoms with Crippen LogP contribution in [0, 0.1) is 0 Å². The van der Waals surface area contributed by atoms with E-state index in [1.165, 1.54) is 11.1 Å². The van der Waals surface area contributed by atoms with Crippen LogP contribution in [0.2, 0.25) is 0 Å². The first-order valence-corrected chi connectivity index (χ1v) is 11.4. The summed E-state index contributed by atoms with van der Waals surface area (Å²) in [7, 11) is 0. The smallest absolute Gasteiger partial charge is 0.328 e. The Labute approximate surface area is 191 Å². The predicted molar refractivity (Wildman–Crippen MR) is 132 cm³/mol. The van der Waals surface area contributed by atoms with Gasteiger partial charge in [-0.25, -0.2) is 4.79 Å². The molecule has 3 aromatic carbocycles. The normalized spacial score (nSPS) is 14.0. The number of aliphatic carboxylic acids is 1. The molecule has 0 saturated heterocycles. The van der Waals surface area contributed by atoms with E-state index >= 15 is 0 Å². The summed E-state index contributed by atoms with van der Waals surface area (Å²) in [6, 6.07) is 24.4. The fraction of sp³-hybridized carbons (Fsp3) is 0.111. The number of rotatable bonds is 6. The van der Waals surface area contributed by atoms with Crippen LogP contribution >= 0.6 is 11.8 Å². The lowest BCUT2D eigenvalue weighted by atomic mass is 9.88. The second-order valence-corrected chi connectivity index (χ2v) is 8.43. The summed E-state index contributed by atoms with van der Waals surface area (Å²) in [6.45, 7) is 2.15. The lowest BCUT2D eigenvalue weighted by Crippen LogP contribution is -2.18. The van der Waals surface area contributed by atoms with Crippen molar-refractivity contribution in [1.29, 1.82) is 0 Å². The first-order valence-electron chi connectivity index (χ1n) is 10.4. The molecule has 4 nitrogen and oxygen atoms in total. The Bertz CT molecular complexity index is 1210. The lowest BCUT2D eigenvalue weighted by Gasteiger charge is -2.20. The van der Waals surface area contributed by atoms with Gasteiger partial charge in [0, 0.05) is 11.0 Å². The SMILES string of the molecule is CCC(=C(c1ccc(C=CC(=O)O)cc1)c1ccc2c(c1)SCC(=O)N2)c1ccccc1. The highest BCUT2D eigenvalue weighted by Crippen LogP contribution is 2.39. The lowest BCUT2D eigenvalue weighted by molar-refractivity contribution is -0.131. The number of carbonyl (C=O) groups excluding carboxylic acids is 1. The maximum Gasteiger partial charge on any atom is 0.328 e. The minimum absolute atomic E-state index is 0.0227. The number of allylic oxidation sites excluding steroid dienone is 1. The molecule has 1 heterocycles. The van der Waals surface area contributed by atoms with Crippen LogP contribution in [0.3, 0.4) is 0 Å². The Balaban J connectivity index is 1.86. The first-order chi connectivity index (χ1) is 15.5. The molecule has 5 heteroatoms. The monoisotopic (exact) mass is 441 g/mol. The van der Waals surface area contributed by atoms with Crippen molar-refractivity contribution < 1.29 is 14.7 Å². The molecule has 0 fully saturated rings. The van der Waals surface area contributed by atoms with Gasteiger partial charge in [-0.1, -0.05) is 67.6 Å². The van der Waals surface area contributed by atoms with Gasteiger partial charge in [-0.3, -0.25) is 4.79 Å². The van der Waals surface area contributed by atoms with Crippen molar-refractivity contribution in [1.82, 2.24) is 0 Å².